The Morgan fingerprint density at radius 3 is 0.789 bits per heavy atom. The molecule has 3 radical (unpaired) electrons. The Morgan fingerprint density at radius 1 is 0.258 bits per heavy atom. The molecule has 6 nitrogen and oxygen atoms in total. The molecule has 6 aromatic heterocycles. The largest absolute Gasteiger partial charge is 0.305 e. The van der Waals surface area contributed by atoms with Gasteiger partial charge in [0, 0.05) is 97.5 Å². The normalized spacial score (nSPS) is 11.6. The van der Waals surface area contributed by atoms with Gasteiger partial charge in [0.25, 0.3) is 0 Å². The molecule has 128 heavy (non-hydrogen) atoms. The topological polar surface area (TPSA) is 77.3 Å². The minimum Gasteiger partial charge on any atom is -0.305 e. The molecule has 15 heteroatoms. The van der Waals surface area contributed by atoms with E-state index in [1.54, 1.807) is 0 Å². The van der Waals surface area contributed by atoms with Crippen molar-refractivity contribution in [3.63, 3.8) is 0 Å². The van der Waals surface area contributed by atoms with E-state index in [1.165, 1.54) is 81.2 Å². The summed E-state index contributed by atoms with van der Waals surface area (Å²) in [6.45, 7) is 56.2. The van der Waals surface area contributed by atoms with E-state index in [4.69, 9.17) is 15.0 Å². The molecule has 0 saturated carbocycles. The molecule has 0 spiro atoms. The minimum absolute atomic E-state index is 0. The number of pyridine rings is 6. The summed E-state index contributed by atoms with van der Waals surface area (Å²) >= 11 is 0. The predicted molar refractivity (Wildman–Crippen MR) is 557 cm³/mol. The van der Waals surface area contributed by atoms with Crippen LogP contribution in [0.5, 0.6) is 0 Å². The van der Waals surface area contributed by atoms with E-state index in [9.17, 15) is 0 Å². The third-order valence-electron chi connectivity index (χ3n) is 22.1. The van der Waals surface area contributed by atoms with E-state index in [-0.39, 0.29) is 60.3 Å². The van der Waals surface area contributed by atoms with Crippen molar-refractivity contribution in [2.45, 2.75) is 184 Å². The molecule has 15 rings (SSSR count). The Morgan fingerprint density at radius 2 is 0.539 bits per heavy atom. The molecule has 0 fully saturated rings. The number of aromatic nitrogens is 6. The molecular formula is C113H130Ir3N6Si6-6. The van der Waals surface area contributed by atoms with Crippen molar-refractivity contribution in [3.8, 4) is 101 Å². The first kappa shape index (κ1) is 106. The fourth-order valence-electron chi connectivity index (χ4n) is 14.4. The third-order valence-corrected chi connectivity index (χ3v) is 34.3. The monoisotopic (exact) mass is 2320 g/mol. The summed E-state index contributed by atoms with van der Waals surface area (Å²) in [7, 11) is -7.88. The second kappa shape index (κ2) is 48.9. The first-order valence-electron chi connectivity index (χ1n) is 44.4. The standard InChI is InChI=1S/2C24H28NSi.C23H26NSi.3C14H16NSi.3Ir/c1-18(2)15-22-16-23(25-17-24(22)26(3,4)5)21-13-11-20(12-14-21)19-9-7-6-8-10-19;1-6-18(2)22-16-23(25-17-24(22)26(3,4)5)21-14-12-20(13-15-21)19-10-8-7-9-11-19;1-17(2)21-15-22(24-16-23(21)25(3,4)5)20-13-11-19(12-14-20)18-9-7-6-8-10-18;3*1-16(2,3)13-9-10-14(15-11-13)12-7-5-4-6-8-12;;;/h6-13,16-18H,15H2,1-5H3;7-14,16-18H,6H2,1-5H3;6-13,15-17H,1-5H3;3*4-7,9-11H,1-3H3;;;/q6*-1;;;. The zero-order chi connectivity index (χ0) is 90.3. The quantitative estimate of drug-likeness (QED) is 0.0559. The maximum atomic E-state index is 4.80. The fraction of sp³-hybridized carbons (Fsp3) is 0.257. The van der Waals surface area contributed by atoms with Crippen LogP contribution in [0, 0.1) is 42.3 Å². The molecule has 0 amide bonds. The Balaban J connectivity index is 0.000000212. The molecule has 9 aromatic carbocycles. The van der Waals surface area contributed by atoms with Crippen molar-refractivity contribution >= 4 is 79.6 Å². The molecule has 0 saturated heterocycles. The van der Waals surface area contributed by atoms with Gasteiger partial charge in [-0.15, -0.1) is 197 Å². The van der Waals surface area contributed by atoms with E-state index in [0.29, 0.717) is 17.8 Å². The van der Waals surface area contributed by atoms with Crippen molar-refractivity contribution in [3.05, 3.63) is 363 Å². The van der Waals surface area contributed by atoms with E-state index in [2.05, 4.69) is 411 Å². The Labute approximate surface area is 816 Å². The summed E-state index contributed by atoms with van der Waals surface area (Å²) in [4.78, 5) is 27.9. The summed E-state index contributed by atoms with van der Waals surface area (Å²) in [5.74, 6) is 1.71. The number of benzene rings is 9. The van der Waals surface area contributed by atoms with Crippen molar-refractivity contribution < 1.29 is 60.3 Å². The van der Waals surface area contributed by atoms with Crippen LogP contribution in [0.1, 0.15) is 76.5 Å². The smallest absolute Gasteiger partial charge is 0.0799 e. The fourth-order valence-corrected chi connectivity index (χ4v) is 22.4. The van der Waals surface area contributed by atoms with Crippen LogP contribution in [0.2, 0.25) is 118 Å². The number of hydrogen-bond acceptors (Lipinski definition) is 6. The van der Waals surface area contributed by atoms with Gasteiger partial charge in [0.15, 0.2) is 0 Å². The van der Waals surface area contributed by atoms with Gasteiger partial charge < -0.3 is 29.9 Å². The number of nitrogens with zero attached hydrogens (tertiary/aromatic N) is 6. The average molecular weight is 2320 g/mol. The molecule has 6 heterocycles. The summed E-state index contributed by atoms with van der Waals surface area (Å²) in [6.07, 6.45) is 14.7. The second-order valence-electron chi connectivity index (χ2n) is 39.3. The zero-order valence-electron chi connectivity index (χ0n) is 79.8. The predicted octanol–water partition coefficient (Wildman–Crippen LogP) is 27.4. The van der Waals surface area contributed by atoms with Crippen molar-refractivity contribution in [2.24, 2.45) is 5.92 Å². The summed E-state index contributed by atoms with van der Waals surface area (Å²) < 4.78 is 0. The zero-order valence-corrected chi connectivity index (χ0v) is 93.0. The van der Waals surface area contributed by atoms with Crippen LogP contribution < -0.4 is 31.1 Å². The molecule has 0 aliphatic carbocycles. The van der Waals surface area contributed by atoms with Crippen molar-refractivity contribution in [1.29, 1.82) is 0 Å². The van der Waals surface area contributed by atoms with Gasteiger partial charge in [0.2, 0.25) is 0 Å². The molecule has 669 valence electrons. The Hall–Kier alpha value is -8.87. The van der Waals surface area contributed by atoms with E-state index in [0.717, 1.165) is 80.4 Å². The van der Waals surface area contributed by atoms with Gasteiger partial charge >= 0.3 is 0 Å². The van der Waals surface area contributed by atoms with Gasteiger partial charge in [0.1, 0.15) is 0 Å². The molecule has 1 unspecified atom stereocenters. The van der Waals surface area contributed by atoms with Gasteiger partial charge in [-0.25, -0.2) is 0 Å². The van der Waals surface area contributed by atoms with Crippen LogP contribution in [-0.4, -0.2) is 78.3 Å². The molecule has 0 N–H and O–H groups in total. The van der Waals surface area contributed by atoms with Crippen molar-refractivity contribution in [1.82, 2.24) is 29.9 Å². The first-order valence-corrected chi connectivity index (χ1v) is 65.4. The summed E-state index contributed by atoms with van der Waals surface area (Å²) in [6, 6.07) is 114. The van der Waals surface area contributed by atoms with E-state index < -0.39 is 48.4 Å². The van der Waals surface area contributed by atoms with Crippen LogP contribution in [0.15, 0.2) is 310 Å². The van der Waals surface area contributed by atoms with Gasteiger partial charge in [-0.05, 0) is 95.9 Å². The van der Waals surface area contributed by atoms with Crippen LogP contribution in [0.3, 0.4) is 0 Å². The van der Waals surface area contributed by atoms with Crippen LogP contribution in [0.25, 0.3) is 101 Å². The third kappa shape index (κ3) is 31.4. The number of rotatable bonds is 20. The molecule has 1 atom stereocenters. The average Bonchev–Trinajstić information content (AvgIpc) is 0.795. The van der Waals surface area contributed by atoms with E-state index >= 15 is 0 Å². The molecule has 0 bridgehead atoms. The molecule has 0 aliphatic rings. The van der Waals surface area contributed by atoms with E-state index in [1.807, 2.05) is 110 Å². The van der Waals surface area contributed by atoms with Crippen LogP contribution in [-0.2, 0) is 66.7 Å². The molecular weight excluding hydrogens is 2190 g/mol. The van der Waals surface area contributed by atoms with Gasteiger partial charge in [0.05, 0.1) is 48.4 Å². The Kier molecular flexibility index (Phi) is 40.5. The second-order valence-corrected chi connectivity index (χ2v) is 69.6. The summed E-state index contributed by atoms with van der Waals surface area (Å²) in [5, 5.41) is 8.62. The molecule has 15 aromatic rings. The van der Waals surface area contributed by atoms with Crippen LogP contribution in [0.4, 0.5) is 0 Å². The van der Waals surface area contributed by atoms with Gasteiger partial charge in [-0.1, -0.05) is 355 Å². The Bertz CT molecular complexity index is 5580. The van der Waals surface area contributed by atoms with Crippen molar-refractivity contribution in [2.75, 3.05) is 0 Å². The molecule has 0 aliphatic heterocycles. The first-order chi connectivity index (χ1) is 59.3. The van der Waals surface area contributed by atoms with Gasteiger partial charge in [-0.3, -0.25) is 0 Å². The SMILES string of the molecule is CC(C)Cc1cc(-c2[c-]cc(-c3ccccc3)cc2)ncc1[Si](C)(C)C.CC(C)c1cc(-c2[c-]cc(-c3ccccc3)cc2)ncc1[Si](C)(C)C.CCC(C)c1cc(-c2[c-]cc(-c3ccccc3)cc2)ncc1[Si](C)(C)C.C[Si](C)(C)c1ccc(-c2[c-]cccc2)nc1.C[Si](C)(C)c1ccc(-c2[c-]cccc2)nc1.C[Si](C)(C)c1ccc(-c2[c-]cccc2)nc1.[Ir].[Ir].[Ir]. The van der Waals surface area contributed by atoms with Gasteiger partial charge in [-0.2, -0.15) is 0 Å². The van der Waals surface area contributed by atoms with Crippen LogP contribution >= 0.6 is 0 Å². The maximum Gasteiger partial charge on any atom is 0.0799 e. The summed E-state index contributed by atoms with van der Waals surface area (Å²) in [5.41, 5.74) is 24.0. The number of hydrogen-bond donors (Lipinski definition) is 0. The minimum atomic E-state index is -1.41. The maximum absolute atomic E-state index is 4.80.